The summed E-state index contributed by atoms with van der Waals surface area (Å²) in [5.74, 6) is 0.949. The van der Waals surface area contributed by atoms with Crippen molar-refractivity contribution in [1.82, 2.24) is 14.8 Å². The molecule has 0 saturated carbocycles. The zero-order chi connectivity index (χ0) is 19.8. The van der Waals surface area contributed by atoms with E-state index >= 15 is 0 Å². The lowest BCUT2D eigenvalue weighted by Crippen LogP contribution is -2.39. The zero-order valence-electron chi connectivity index (χ0n) is 16.0. The molecule has 2 aromatic rings. The van der Waals surface area contributed by atoms with E-state index in [-0.39, 0.29) is 6.03 Å². The summed E-state index contributed by atoms with van der Waals surface area (Å²) in [4.78, 5) is 20.8. The molecule has 0 atom stereocenters. The Bertz CT molecular complexity index is 756. The Morgan fingerprint density at radius 2 is 1.93 bits per heavy atom. The normalized spacial score (nSPS) is 10.6. The fourth-order valence-corrected chi connectivity index (χ4v) is 2.68. The Kier molecular flexibility index (Phi) is 7.69. The first-order chi connectivity index (χ1) is 12.9. The van der Waals surface area contributed by atoms with Gasteiger partial charge >= 0.3 is 6.03 Å². The number of carbonyl (C=O) groups is 1. The van der Waals surface area contributed by atoms with Gasteiger partial charge in [0.05, 0.1) is 24.9 Å². The van der Waals surface area contributed by atoms with Crippen LogP contribution in [0.2, 0.25) is 5.02 Å². The summed E-state index contributed by atoms with van der Waals surface area (Å²) < 4.78 is 10.5. The number of nitrogens with zero attached hydrogens (tertiary/aromatic N) is 3. The van der Waals surface area contributed by atoms with Gasteiger partial charge in [0, 0.05) is 38.1 Å². The molecule has 0 aliphatic rings. The number of carbonyl (C=O) groups excluding carboxylic acids is 1. The lowest BCUT2D eigenvalue weighted by Gasteiger charge is -2.25. The minimum Gasteiger partial charge on any atom is -0.495 e. The molecule has 0 aliphatic heterocycles. The minimum absolute atomic E-state index is 0.250. The molecule has 0 aliphatic carbocycles. The van der Waals surface area contributed by atoms with Crippen LogP contribution in [0, 0.1) is 0 Å². The van der Waals surface area contributed by atoms with Crippen LogP contribution in [0.5, 0.6) is 11.5 Å². The number of halogens is 1. The summed E-state index contributed by atoms with van der Waals surface area (Å²) in [7, 11) is 6.98. The van der Waals surface area contributed by atoms with Crippen LogP contribution in [0.25, 0.3) is 0 Å². The predicted molar refractivity (Wildman–Crippen MR) is 107 cm³/mol. The Hall–Kier alpha value is -2.51. The Labute approximate surface area is 164 Å². The number of aromatic nitrogens is 1. The number of methoxy groups -OCH3 is 2. The summed E-state index contributed by atoms with van der Waals surface area (Å²) in [6.07, 6.45) is 3.46. The average molecular weight is 393 g/mol. The third-order valence-corrected chi connectivity index (χ3v) is 4.21. The van der Waals surface area contributed by atoms with Crippen molar-refractivity contribution in [3.05, 3.63) is 47.2 Å². The van der Waals surface area contributed by atoms with E-state index in [0.29, 0.717) is 35.3 Å². The summed E-state index contributed by atoms with van der Waals surface area (Å²) in [6.45, 7) is 1.73. The van der Waals surface area contributed by atoms with Crippen molar-refractivity contribution in [1.29, 1.82) is 0 Å². The SMILES string of the molecule is COc1cc(OC)c(NC(=O)N(CCN(C)C)Cc2cccnc2)cc1Cl. The van der Waals surface area contributed by atoms with Crippen molar-refractivity contribution in [2.45, 2.75) is 6.54 Å². The summed E-state index contributed by atoms with van der Waals surface area (Å²) >= 11 is 6.19. The van der Waals surface area contributed by atoms with Crippen molar-refractivity contribution >= 4 is 23.3 Å². The highest BCUT2D eigenvalue weighted by molar-refractivity contribution is 6.32. The lowest BCUT2D eigenvalue weighted by atomic mass is 10.2. The van der Waals surface area contributed by atoms with E-state index in [4.69, 9.17) is 21.1 Å². The first kappa shape index (κ1) is 20.8. The van der Waals surface area contributed by atoms with Crippen LogP contribution in [0.3, 0.4) is 0 Å². The second kappa shape index (κ2) is 9.99. The monoisotopic (exact) mass is 392 g/mol. The van der Waals surface area contributed by atoms with Crippen molar-refractivity contribution in [3.63, 3.8) is 0 Å². The van der Waals surface area contributed by atoms with Crippen LogP contribution < -0.4 is 14.8 Å². The van der Waals surface area contributed by atoms with Crippen LogP contribution in [-0.4, -0.2) is 62.2 Å². The van der Waals surface area contributed by atoms with E-state index in [1.54, 1.807) is 29.4 Å². The largest absolute Gasteiger partial charge is 0.495 e. The maximum absolute atomic E-state index is 12.9. The molecule has 1 aromatic carbocycles. The molecule has 0 saturated heterocycles. The average Bonchev–Trinajstić information content (AvgIpc) is 2.66. The highest BCUT2D eigenvalue weighted by Gasteiger charge is 2.18. The second-order valence-corrected chi connectivity index (χ2v) is 6.61. The van der Waals surface area contributed by atoms with Gasteiger partial charge in [-0.15, -0.1) is 0 Å². The van der Waals surface area contributed by atoms with Crippen LogP contribution in [0.15, 0.2) is 36.7 Å². The number of likely N-dealkylation sites (N-methyl/N-ethyl adjacent to an activating group) is 1. The maximum Gasteiger partial charge on any atom is 0.322 e. The van der Waals surface area contributed by atoms with Crippen LogP contribution in [0.4, 0.5) is 10.5 Å². The molecule has 0 spiro atoms. The fourth-order valence-electron chi connectivity index (χ4n) is 2.44. The molecule has 7 nitrogen and oxygen atoms in total. The van der Waals surface area contributed by atoms with Crippen molar-refractivity contribution in [3.8, 4) is 11.5 Å². The van der Waals surface area contributed by atoms with Crippen LogP contribution >= 0.6 is 11.6 Å². The lowest BCUT2D eigenvalue weighted by molar-refractivity contribution is 0.202. The topological polar surface area (TPSA) is 66.9 Å². The molecule has 0 radical (unpaired) electrons. The van der Waals surface area contributed by atoms with Crippen molar-refractivity contribution in [2.75, 3.05) is 46.7 Å². The molecule has 2 rings (SSSR count). The Morgan fingerprint density at radius 3 is 2.52 bits per heavy atom. The number of urea groups is 1. The fraction of sp³-hybridized carbons (Fsp3) is 0.368. The molecule has 1 N–H and O–H groups in total. The Morgan fingerprint density at radius 1 is 1.19 bits per heavy atom. The molecular formula is C19H25ClN4O3. The number of hydrogen-bond donors (Lipinski definition) is 1. The number of amides is 2. The van der Waals surface area contributed by atoms with E-state index in [1.165, 1.54) is 14.2 Å². The smallest absolute Gasteiger partial charge is 0.322 e. The molecule has 1 heterocycles. The number of hydrogen-bond acceptors (Lipinski definition) is 5. The van der Waals surface area contributed by atoms with Gasteiger partial charge < -0.3 is 24.6 Å². The second-order valence-electron chi connectivity index (χ2n) is 6.20. The van der Waals surface area contributed by atoms with Gasteiger partial charge in [0.2, 0.25) is 0 Å². The number of benzene rings is 1. The van der Waals surface area contributed by atoms with Gasteiger partial charge in [0.15, 0.2) is 0 Å². The first-order valence-electron chi connectivity index (χ1n) is 8.45. The first-order valence-corrected chi connectivity index (χ1v) is 8.83. The number of anilines is 1. The van der Waals surface area contributed by atoms with Gasteiger partial charge in [-0.25, -0.2) is 4.79 Å². The third-order valence-electron chi connectivity index (χ3n) is 3.92. The van der Waals surface area contributed by atoms with Gasteiger partial charge in [-0.2, -0.15) is 0 Å². The van der Waals surface area contributed by atoms with Crippen LogP contribution in [0.1, 0.15) is 5.56 Å². The minimum atomic E-state index is -0.250. The quantitative estimate of drug-likeness (QED) is 0.746. The summed E-state index contributed by atoms with van der Waals surface area (Å²) in [5, 5.41) is 3.27. The molecule has 146 valence electrons. The zero-order valence-corrected chi connectivity index (χ0v) is 16.8. The number of nitrogens with one attached hydrogen (secondary N) is 1. The maximum atomic E-state index is 12.9. The highest BCUT2D eigenvalue weighted by Crippen LogP contribution is 2.36. The molecule has 27 heavy (non-hydrogen) atoms. The number of ether oxygens (including phenoxy) is 2. The molecular weight excluding hydrogens is 368 g/mol. The predicted octanol–water partition coefficient (Wildman–Crippen LogP) is 3.35. The van der Waals surface area contributed by atoms with Gasteiger partial charge in [-0.3, -0.25) is 4.98 Å². The van der Waals surface area contributed by atoms with E-state index in [9.17, 15) is 4.79 Å². The third kappa shape index (κ3) is 6.01. The van der Waals surface area contributed by atoms with Crippen LogP contribution in [-0.2, 0) is 6.54 Å². The molecule has 0 fully saturated rings. The number of pyridine rings is 1. The molecule has 8 heteroatoms. The standard InChI is InChI=1S/C19H25ClN4O3/c1-23(2)8-9-24(13-14-6-5-7-21-12-14)19(25)22-16-10-15(20)17(26-3)11-18(16)27-4/h5-7,10-12H,8-9,13H2,1-4H3,(H,22,25). The van der Waals surface area contributed by atoms with E-state index in [1.807, 2.05) is 31.1 Å². The summed E-state index contributed by atoms with van der Waals surface area (Å²) in [6, 6.07) is 6.80. The van der Waals surface area contributed by atoms with Gasteiger partial charge in [0.25, 0.3) is 0 Å². The van der Waals surface area contributed by atoms with Gasteiger partial charge in [-0.1, -0.05) is 17.7 Å². The molecule has 2 amide bonds. The molecule has 0 bridgehead atoms. The van der Waals surface area contributed by atoms with E-state index in [0.717, 1.165) is 12.1 Å². The van der Waals surface area contributed by atoms with Crippen molar-refractivity contribution in [2.24, 2.45) is 0 Å². The molecule has 0 unspecified atom stereocenters. The van der Waals surface area contributed by atoms with Gasteiger partial charge in [-0.05, 0) is 31.8 Å². The number of rotatable bonds is 8. The van der Waals surface area contributed by atoms with E-state index in [2.05, 4.69) is 10.3 Å². The van der Waals surface area contributed by atoms with Crippen molar-refractivity contribution < 1.29 is 14.3 Å². The highest BCUT2D eigenvalue weighted by atomic mass is 35.5. The Balaban J connectivity index is 2.20. The summed E-state index contributed by atoms with van der Waals surface area (Å²) in [5.41, 5.74) is 1.43. The molecule has 1 aromatic heterocycles. The van der Waals surface area contributed by atoms with E-state index < -0.39 is 0 Å². The van der Waals surface area contributed by atoms with Gasteiger partial charge in [0.1, 0.15) is 11.5 Å².